The lowest BCUT2D eigenvalue weighted by Crippen LogP contribution is -2.32. The zero-order chi connectivity index (χ0) is 13.8. The molecule has 1 aromatic heterocycles. The van der Waals surface area contributed by atoms with Crippen LogP contribution in [0.1, 0.15) is 36.2 Å². The van der Waals surface area contributed by atoms with Crippen molar-refractivity contribution in [2.45, 2.75) is 25.7 Å². The summed E-state index contributed by atoms with van der Waals surface area (Å²) in [6.07, 6.45) is 4.09. The normalized spacial score (nSPS) is 20.1. The molecule has 2 heterocycles. The highest BCUT2D eigenvalue weighted by Crippen LogP contribution is 2.24. The molecule has 1 fully saturated rings. The number of aliphatic carboxylic acids is 1. The number of carboxylic acids is 1. The molecule has 0 saturated carbocycles. The van der Waals surface area contributed by atoms with Gasteiger partial charge in [-0.3, -0.25) is 9.59 Å². The highest BCUT2D eigenvalue weighted by atomic mass is 79.9. The van der Waals surface area contributed by atoms with Crippen LogP contribution in [0.5, 0.6) is 0 Å². The highest BCUT2D eigenvalue weighted by Gasteiger charge is 2.25. The number of rotatable bonds is 3. The quantitative estimate of drug-likeness (QED) is 0.925. The Bertz CT molecular complexity index is 471. The molecular weight excluding hydrogens is 314 g/mol. The van der Waals surface area contributed by atoms with E-state index in [1.807, 2.05) is 0 Å². The van der Waals surface area contributed by atoms with Gasteiger partial charge >= 0.3 is 5.97 Å². The van der Waals surface area contributed by atoms with Crippen molar-refractivity contribution in [1.29, 1.82) is 0 Å². The topological polar surface area (TPSA) is 70.8 Å². The number of hydrogen-bond donors (Lipinski definition) is 1. The van der Waals surface area contributed by atoms with Gasteiger partial charge in [-0.15, -0.1) is 0 Å². The maximum atomic E-state index is 12.2. The molecule has 1 atom stereocenters. The maximum absolute atomic E-state index is 12.2. The Kier molecular flexibility index (Phi) is 4.63. The molecule has 0 bridgehead atoms. The number of carboxylic acid groups (broad SMARTS) is 1. The first-order valence-corrected chi connectivity index (χ1v) is 7.11. The van der Waals surface area contributed by atoms with E-state index in [2.05, 4.69) is 15.9 Å². The van der Waals surface area contributed by atoms with Gasteiger partial charge in [0.2, 0.25) is 5.76 Å². The average molecular weight is 330 g/mol. The number of carbonyl (C=O) groups is 2. The summed E-state index contributed by atoms with van der Waals surface area (Å²) in [6, 6.07) is 1.69. The lowest BCUT2D eigenvalue weighted by Gasteiger charge is -2.19. The van der Waals surface area contributed by atoms with E-state index in [1.54, 1.807) is 11.0 Å². The predicted molar refractivity (Wildman–Crippen MR) is 71.9 cm³/mol. The van der Waals surface area contributed by atoms with Crippen LogP contribution in [0.3, 0.4) is 0 Å². The lowest BCUT2D eigenvalue weighted by molar-refractivity contribution is -0.138. The van der Waals surface area contributed by atoms with Crippen LogP contribution in [0.15, 0.2) is 21.2 Å². The van der Waals surface area contributed by atoms with E-state index in [0.29, 0.717) is 23.3 Å². The monoisotopic (exact) mass is 329 g/mol. The number of carbonyl (C=O) groups excluding carboxylic acids is 1. The predicted octanol–water partition coefficient (Wildman–Crippen LogP) is 2.76. The number of likely N-dealkylation sites (tertiary alicyclic amines) is 1. The number of halogens is 1. The summed E-state index contributed by atoms with van der Waals surface area (Å²) in [6.45, 7) is 1.24. The minimum Gasteiger partial charge on any atom is -0.481 e. The fourth-order valence-corrected chi connectivity index (χ4v) is 2.78. The summed E-state index contributed by atoms with van der Waals surface area (Å²) >= 11 is 3.28. The van der Waals surface area contributed by atoms with E-state index < -0.39 is 5.97 Å². The van der Waals surface area contributed by atoms with E-state index in [9.17, 15) is 9.59 Å². The summed E-state index contributed by atoms with van der Waals surface area (Å²) < 4.78 is 5.84. The van der Waals surface area contributed by atoms with Crippen LogP contribution in [0, 0.1) is 5.92 Å². The molecule has 1 aliphatic rings. The van der Waals surface area contributed by atoms with Crippen molar-refractivity contribution < 1.29 is 19.1 Å². The van der Waals surface area contributed by atoms with Crippen molar-refractivity contribution in [1.82, 2.24) is 4.90 Å². The van der Waals surface area contributed by atoms with Crippen molar-refractivity contribution >= 4 is 27.8 Å². The molecule has 0 spiro atoms. The first-order chi connectivity index (χ1) is 9.08. The fraction of sp³-hybridized carbons (Fsp3) is 0.538. The Hall–Kier alpha value is -1.30. The third kappa shape index (κ3) is 3.59. The van der Waals surface area contributed by atoms with Crippen LogP contribution >= 0.6 is 15.9 Å². The van der Waals surface area contributed by atoms with Crippen molar-refractivity contribution in [3.05, 3.63) is 22.6 Å². The molecule has 6 heteroatoms. The highest BCUT2D eigenvalue weighted by molar-refractivity contribution is 9.10. The van der Waals surface area contributed by atoms with Crippen LogP contribution in [-0.4, -0.2) is 35.0 Å². The number of nitrogens with zero attached hydrogens (tertiary/aromatic N) is 1. The summed E-state index contributed by atoms with van der Waals surface area (Å²) in [5.74, 6) is -0.418. The van der Waals surface area contributed by atoms with Gasteiger partial charge in [0.1, 0.15) is 0 Å². The first kappa shape index (κ1) is 14.1. The van der Waals surface area contributed by atoms with Crippen molar-refractivity contribution in [3.8, 4) is 0 Å². The summed E-state index contributed by atoms with van der Waals surface area (Å²) in [5.41, 5.74) is 0. The molecule has 104 valence electrons. The molecule has 1 N–H and O–H groups in total. The van der Waals surface area contributed by atoms with Gasteiger partial charge < -0.3 is 14.4 Å². The van der Waals surface area contributed by atoms with E-state index in [-0.39, 0.29) is 18.2 Å². The molecule has 2 rings (SSSR count). The second-order valence-electron chi connectivity index (χ2n) is 4.78. The molecule has 0 aromatic carbocycles. The van der Waals surface area contributed by atoms with Gasteiger partial charge in [-0.05, 0) is 47.2 Å². The van der Waals surface area contributed by atoms with Gasteiger partial charge in [0, 0.05) is 19.5 Å². The molecule has 5 nitrogen and oxygen atoms in total. The zero-order valence-electron chi connectivity index (χ0n) is 10.5. The Morgan fingerprint density at radius 3 is 2.84 bits per heavy atom. The third-order valence-corrected chi connectivity index (χ3v) is 4.03. The molecule has 1 aliphatic heterocycles. The van der Waals surface area contributed by atoms with Crippen molar-refractivity contribution in [2.75, 3.05) is 13.1 Å². The molecule has 0 unspecified atom stereocenters. The SMILES string of the molecule is O=C(O)C[C@@H]1CCCN(C(=O)c2occc2Br)CC1. The first-order valence-electron chi connectivity index (χ1n) is 6.32. The van der Waals surface area contributed by atoms with Crippen LogP contribution in [0.25, 0.3) is 0 Å². The van der Waals surface area contributed by atoms with Crippen molar-refractivity contribution in [3.63, 3.8) is 0 Å². The number of furan rings is 1. The fourth-order valence-electron chi connectivity index (χ4n) is 2.41. The standard InChI is InChI=1S/C13H16BrNO4/c14-10-4-7-19-12(10)13(18)15-5-1-2-9(3-6-15)8-11(16)17/h4,7,9H,1-3,5-6,8H2,(H,16,17)/t9-/m1/s1. The van der Waals surface area contributed by atoms with E-state index in [4.69, 9.17) is 9.52 Å². The van der Waals surface area contributed by atoms with Gasteiger partial charge in [-0.1, -0.05) is 0 Å². The van der Waals surface area contributed by atoms with Crippen molar-refractivity contribution in [2.24, 2.45) is 5.92 Å². The minimum absolute atomic E-state index is 0.132. The molecule has 0 radical (unpaired) electrons. The van der Waals surface area contributed by atoms with E-state index in [0.717, 1.165) is 19.3 Å². The molecule has 1 aromatic rings. The lowest BCUT2D eigenvalue weighted by atomic mass is 9.97. The van der Waals surface area contributed by atoms with Gasteiger partial charge in [0.05, 0.1) is 10.7 Å². The Labute approximate surface area is 119 Å². The van der Waals surface area contributed by atoms with Crippen LogP contribution in [0.4, 0.5) is 0 Å². The van der Waals surface area contributed by atoms with Gasteiger partial charge in [-0.2, -0.15) is 0 Å². The summed E-state index contributed by atoms with van der Waals surface area (Å²) in [4.78, 5) is 24.7. The van der Waals surface area contributed by atoms with Gasteiger partial charge in [-0.25, -0.2) is 0 Å². The van der Waals surface area contributed by atoms with Crippen LogP contribution in [0.2, 0.25) is 0 Å². The average Bonchev–Trinajstić information content (AvgIpc) is 2.64. The molecule has 0 aliphatic carbocycles. The molecule has 1 amide bonds. The number of hydrogen-bond acceptors (Lipinski definition) is 3. The third-order valence-electron chi connectivity index (χ3n) is 3.41. The molecule has 19 heavy (non-hydrogen) atoms. The molecular formula is C13H16BrNO4. The second kappa shape index (κ2) is 6.23. The molecule has 1 saturated heterocycles. The maximum Gasteiger partial charge on any atom is 0.303 e. The van der Waals surface area contributed by atoms with E-state index in [1.165, 1.54) is 6.26 Å². The minimum atomic E-state index is -0.765. The Morgan fingerprint density at radius 2 is 2.21 bits per heavy atom. The van der Waals surface area contributed by atoms with Crippen LogP contribution < -0.4 is 0 Å². The second-order valence-corrected chi connectivity index (χ2v) is 5.64. The summed E-state index contributed by atoms with van der Waals surface area (Å²) in [7, 11) is 0. The zero-order valence-corrected chi connectivity index (χ0v) is 12.1. The Morgan fingerprint density at radius 1 is 1.42 bits per heavy atom. The van der Waals surface area contributed by atoms with E-state index >= 15 is 0 Å². The Balaban J connectivity index is 1.97. The van der Waals surface area contributed by atoms with Gasteiger partial charge in [0.15, 0.2) is 0 Å². The number of amides is 1. The largest absolute Gasteiger partial charge is 0.481 e. The smallest absolute Gasteiger partial charge is 0.303 e. The van der Waals surface area contributed by atoms with Crippen LogP contribution in [-0.2, 0) is 4.79 Å². The summed E-state index contributed by atoms with van der Waals surface area (Å²) in [5, 5.41) is 8.82. The van der Waals surface area contributed by atoms with Gasteiger partial charge in [0.25, 0.3) is 5.91 Å².